The smallest absolute Gasteiger partial charge is 0.350 e. The van der Waals surface area contributed by atoms with Crippen LogP contribution in [0.1, 0.15) is 24.9 Å². The maximum Gasteiger partial charge on any atom is 0.393 e. The molecule has 25 heavy (non-hydrogen) atoms. The molecular weight excluding hydrogens is 347 g/mol. The van der Waals surface area contributed by atoms with E-state index in [1.54, 1.807) is 31.2 Å². The van der Waals surface area contributed by atoms with E-state index in [4.69, 9.17) is 0 Å². The molecule has 2 atom stereocenters. The lowest BCUT2D eigenvalue weighted by molar-refractivity contribution is -0.173. The van der Waals surface area contributed by atoms with Crippen LogP contribution in [0.4, 0.5) is 13.2 Å². The number of halogens is 3. The summed E-state index contributed by atoms with van der Waals surface area (Å²) in [6.07, 6.45) is -4.98. The van der Waals surface area contributed by atoms with Crippen LogP contribution >= 0.6 is 11.8 Å². The second-order valence-electron chi connectivity index (χ2n) is 5.77. The molecule has 0 aliphatic heterocycles. The standard InChI is InChI=1S/C19H20F3NOS/c1-14(15-8-4-2-5-9-15)23-18(24)12-16(19(20,21)22)13-25-17-10-6-3-7-11-17/h2-11,14,16H,12-13H2,1H3,(H,23,24). The van der Waals surface area contributed by atoms with Crippen LogP contribution in [-0.4, -0.2) is 17.8 Å². The van der Waals surface area contributed by atoms with E-state index in [0.29, 0.717) is 0 Å². The summed E-state index contributed by atoms with van der Waals surface area (Å²) >= 11 is 1.11. The Labute approximate surface area is 149 Å². The number of carbonyl (C=O) groups excluding carboxylic acids is 1. The Bertz CT molecular complexity index is 661. The highest BCUT2D eigenvalue weighted by Gasteiger charge is 2.40. The summed E-state index contributed by atoms with van der Waals surface area (Å²) in [5.41, 5.74) is 0.859. The summed E-state index contributed by atoms with van der Waals surface area (Å²) < 4.78 is 39.8. The van der Waals surface area contributed by atoms with Gasteiger partial charge in [-0.05, 0) is 24.6 Å². The molecular formula is C19H20F3NOS. The first kappa shape index (κ1) is 19.4. The lowest BCUT2D eigenvalue weighted by Crippen LogP contribution is -2.34. The number of alkyl halides is 3. The molecule has 0 saturated heterocycles. The van der Waals surface area contributed by atoms with Crippen molar-refractivity contribution in [3.05, 3.63) is 66.2 Å². The van der Waals surface area contributed by atoms with Crippen LogP contribution in [0.25, 0.3) is 0 Å². The third-order valence-corrected chi connectivity index (χ3v) is 4.94. The fourth-order valence-corrected chi connectivity index (χ4v) is 3.38. The van der Waals surface area contributed by atoms with Gasteiger partial charge in [0.2, 0.25) is 5.91 Å². The van der Waals surface area contributed by atoms with Crippen molar-refractivity contribution in [2.75, 3.05) is 5.75 Å². The molecule has 2 rings (SSSR count). The number of nitrogens with one attached hydrogen (secondary N) is 1. The molecule has 2 aromatic rings. The number of thioether (sulfide) groups is 1. The van der Waals surface area contributed by atoms with Crippen LogP contribution in [0.3, 0.4) is 0 Å². The SMILES string of the molecule is CC(NC(=O)CC(CSc1ccccc1)C(F)(F)F)c1ccccc1. The zero-order chi connectivity index (χ0) is 18.3. The van der Waals surface area contributed by atoms with Crippen molar-refractivity contribution >= 4 is 17.7 Å². The molecule has 0 spiro atoms. The van der Waals surface area contributed by atoms with Gasteiger partial charge in [0.25, 0.3) is 0 Å². The molecule has 0 aliphatic carbocycles. The van der Waals surface area contributed by atoms with Crippen molar-refractivity contribution in [2.24, 2.45) is 5.92 Å². The molecule has 134 valence electrons. The summed E-state index contributed by atoms with van der Waals surface area (Å²) in [6.45, 7) is 1.76. The van der Waals surface area contributed by atoms with E-state index in [1.165, 1.54) is 0 Å². The van der Waals surface area contributed by atoms with Crippen molar-refractivity contribution < 1.29 is 18.0 Å². The predicted molar refractivity (Wildman–Crippen MR) is 94.3 cm³/mol. The van der Waals surface area contributed by atoms with Gasteiger partial charge in [0.15, 0.2) is 0 Å². The average molecular weight is 367 g/mol. The highest BCUT2D eigenvalue weighted by Crippen LogP contribution is 2.34. The number of benzene rings is 2. The Hall–Kier alpha value is -1.95. The lowest BCUT2D eigenvalue weighted by atomic mass is 10.1. The van der Waals surface area contributed by atoms with Crippen LogP contribution in [0.5, 0.6) is 0 Å². The van der Waals surface area contributed by atoms with Gasteiger partial charge in [0.1, 0.15) is 0 Å². The van der Waals surface area contributed by atoms with E-state index >= 15 is 0 Å². The quantitative estimate of drug-likeness (QED) is 0.680. The molecule has 0 fully saturated rings. The van der Waals surface area contributed by atoms with Gasteiger partial charge in [-0.15, -0.1) is 11.8 Å². The van der Waals surface area contributed by atoms with Crippen LogP contribution in [0.2, 0.25) is 0 Å². The van der Waals surface area contributed by atoms with E-state index in [0.717, 1.165) is 22.2 Å². The minimum atomic E-state index is -4.41. The predicted octanol–water partition coefficient (Wildman–Crippen LogP) is 5.22. The first-order valence-corrected chi connectivity index (χ1v) is 8.93. The summed E-state index contributed by atoms with van der Waals surface area (Å²) in [6, 6.07) is 17.7. The fraction of sp³-hybridized carbons (Fsp3) is 0.316. The third-order valence-electron chi connectivity index (χ3n) is 3.77. The number of hydrogen-bond donors (Lipinski definition) is 1. The molecule has 1 N–H and O–H groups in total. The molecule has 6 heteroatoms. The van der Waals surface area contributed by atoms with Crippen LogP contribution in [-0.2, 0) is 4.79 Å². The Morgan fingerprint density at radius 3 is 2.16 bits per heavy atom. The van der Waals surface area contributed by atoms with Gasteiger partial charge in [-0.2, -0.15) is 13.2 Å². The molecule has 2 nitrogen and oxygen atoms in total. The first-order valence-electron chi connectivity index (χ1n) is 7.95. The molecule has 0 aliphatic rings. The van der Waals surface area contributed by atoms with Crippen LogP contribution in [0, 0.1) is 5.92 Å². The summed E-state index contributed by atoms with van der Waals surface area (Å²) in [5.74, 6) is -2.45. The monoisotopic (exact) mass is 367 g/mol. The number of hydrogen-bond acceptors (Lipinski definition) is 2. The third kappa shape index (κ3) is 6.46. The van der Waals surface area contributed by atoms with Crippen molar-refractivity contribution in [3.8, 4) is 0 Å². The van der Waals surface area contributed by atoms with Gasteiger partial charge < -0.3 is 5.32 Å². The molecule has 0 heterocycles. The van der Waals surface area contributed by atoms with E-state index in [-0.39, 0.29) is 11.8 Å². The van der Waals surface area contributed by atoms with Gasteiger partial charge in [0.05, 0.1) is 12.0 Å². The normalized spacial score (nSPS) is 13.9. The van der Waals surface area contributed by atoms with Crippen LogP contribution < -0.4 is 5.32 Å². The highest BCUT2D eigenvalue weighted by atomic mass is 32.2. The Morgan fingerprint density at radius 2 is 1.60 bits per heavy atom. The zero-order valence-corrected chi connectivity index (χ0v) is 14.6. The van der Waals surface area contributed by atoms with E-state index < -0.39 is 24.4 Å². The largest absolute Gasteiger partial charge is 0.393 e. The fourth-order valence-electron chi connectivity index (χ4n) is 2.33. The second-order valence-corrected chi connectivity index (χ2v) is 6.86. The maximum atomic E-state index is 13.3. The number of rotatable bonds is 7. The van der Waals surface area contributed by atoms with Crippen molar-refractivity contribution in [2.45, 2.75) is 30.5 Å². The Morgan fingerprint density at radius 1 is 1.04 bits per heavy atom. The second kappa shape index (κ2) is 8.94. The lowest BCUT2D eigenvalue weighted by Gasteiger charge is -2.21. The summed E-state index contributed by atoms with van der Waals surface area (Å²) in [4.78, 5) is 12.8. The molecule has 2 unspecified atom stereocenters. The highest BCUT2D eigenvalue weighted by molar-refractivity contribution is 7.99. The molecule has 0 saturated carbocycles. The molecule has 0 aromatic heterocycles. The van der Waals surface area contributed by atoms with Gasteiger partial charge in [-0.25, -0.2) is 0 Å². The van der Waals surface area contributed by atoms with Gasteiger partial charge in [0, 0.05) is 17.1 Å². The Kier molecular flexibility index (Phi) is 6.93. The average Bonchev–Trinajstić information content (AvgIpc) is 2.59. The van der Waals surface area contributed by atoms with Gasteiger partial charge in [-0.1, -0.05) is 48.5 Å². The van der Waals surface area contributed by atoms with Crippen molar-refractivity contribution in [1.29, 1.82) is 0 Å². The van der Waals surface area contributed by atoms with Gasteiger partial charge in [-0.3, -0.25) is 4.79 Å². The van der Waals surface area contributed by atoms with E-state index in [9.17, 15) is 18.0 Å². The number of carbonyl (C=O) groups is 1. The van der Waals surface area contributed by atoms with Gasteiger partial charge >= 0.3 is 6.18 Å². The zero-order valence-electron chi connectivity index (χ0n) is 13.8. The minimum Gasteiger partial charge on any atom is -0.350 e. The first-order chi connectivity index (χ1) is 11.9. The Balaban J connectivity index is 1.93. The number of amides is 1. The van der Waals surface area contributed by atoms with Crippen molar-refractivity contribution in [1.82, 2.24) is 5.32 Å². The maximum absolute atomic E-state index is 13.3. The van der Waals surface area contributed by atoms with Crippen LogP contribution in [0.15, 0.2) is 65.6 Å². The van der Waals surface area contributed by atoms with E-state index in [2.05, 4.69) is 5.32 Å². The minimum absolute atomic E-state index is 0.180. The molecule has 1 amide bonds. The topological polar surface area (TPSA) is 29.1 Å². The van der Waals surface area contributed by atoms with Crippen molar-refractivity contribution in [3.63, 3.8) is 0 Å². The van der Waals surface area contributed by atoms with E-state index in [1.807, 2.05) is 36.4 Å². The summed E-state index contributed by atoms with van der Waals surface area (Å²) in [5, 5.41) is 2.65. The molecule has 2 aromatic carbocycles. The molecule has 0 radical (unpaired) electrons. The summed E-state index contributed by atoms with van der Waals surface area (Å²) in [7, 11) is 0. The molecule has 0 bridgehead atoms.